The lowest BCUT2D eigenvalue weighted by Gasteiger charge is -2.17. The third-order valence-electron chi connectivity index (χ3n) is 3.40. The third-order valence-corrected chi connectivity index (χ3v) is 3.40. The zero-order valence-electron chi connectivity index (χ0n) is 10.7. The molecule has 1 saturated heterocycles. The minimum Gasteiger partial charge on any atom is -0.396 e. The minimum atomic E-state index is -0.0356. The van der Waals surface area contributed by atoms with E-state index >= 15 is 0 Å². The molecule has 18 heavy (non-hydrogen) atoms. The molecule has 4 heteroatoms. The van der Waals surface area contributed by atoms with E-state index in [9.17, 15) is 4.79 Å². The molecular weight excluding hydrogens is 228 g/mol. The normalized spacial score (nSPS) is 19.0. The summed E-state index contributed by atoms with van der Waals surface area (Å²) in [6, 6.07) is 8.09. The van der Waals surface area contributed by atoms with Crippen LogP contribution in [-0.2, 0) is 6.54 Å². The van der Waals surface area contributed by atoms with Crippen LogP contribution < -0.4 is 5.32 Å². The van der Waals surface area contributed by atoms with Gasteiger partial charge in [-0.2, -0.15) is 0 Å². The van der Waals surface area contributed by atoms with Crippen LogP contribution >= 0.6 is 0 Å². The Morgan fingerprint density at radius 2 is 2.17 bits per heavy atom. The maximum atomic E-state index is 11.9. The zero-order chi connectivity index (χ0) is 13.0. The number of hydrogen-bond acceptors (Lipinski definition) is 2. The fraction of sp³-hybridized carbons (Fsp3) is 0.500. The molecule has 1 aromatic carbocycles. The molecule has 1 aliphatic rings. The number of carbonyl (C=O) groups excluding carboxylic acids is 1. The molecule has 1 atom stereocenters. The molecule has 0 spiro atoms. The van der Waals surface area contributed by atoms with Crippen molar-refractivity contribution in [2.24, 2.45) is 5.92 Å². The van der Waals surface area contributed by atoms with Gasteiger partial charge in [0, 0.05) is 32.2 Å². The van der Waals surface area contributed by atoms with Gasteiger partial charge in [0.05, 0.1) is 0 Å². The third kappa shape index (κ3) is 3.23. The summed E-state index contributed by atoms with van der Waals surface area (Å²) in [4.78, 5) is 13.7. The minimum absolute atomic E-state index is 0.0356. The van der Waals surface area contributed by atoms with Crippen LogP contribution in [0.25, 0.3) is 0 Å². The predicted octanol–water partition coefficient (Wildman–Crippen LogP) is 1.52. The van der Waals surface area contributed by atoms with Gasteiger partial charge in [-0.15, -0.1) is 0 Å². The molecular formula is C14H20N2O2. The summed E-state index contributed by atoms with van der Waals surface area (Å²) >= 11 is 0. The Morgan fingerprint density at radius 1 is 1.44 bits per heavy atom. The number of urea groups is 1. The van der Waals surface area contributed by atoms with Gasteiger partial charge in [0.25, 0.3) is 0 Å². The van der Waals surface area contributed by atoms with Crippen molar-refractivity contribution in [3.8, 4) is 0 Å². The average molecular weight is 248 g/mol. The van der Waals surface area contributed by atoms with Gasteiger partial charge in [-0.05, 0) is 18.9 Å². The molecule has 1 aliphatic heterocycles. The summed E-state index contributed by atoms with van der Waals surface area (Å²) < 4.78 is 0. The second-order valence-electron chi connectivity index (χ2n) is 4.93. The lowest BCUT2D eigenvalue weighted by Crippen LogP contribution is -2.38. The largest absolute Gasteiger partial charge is 0.396 e. The van der Waals surface area contributed by atoms with Crippen molar-refractivity contribution in [2.75, 3.05) is 19.7 Å². The van der Waals surface area contributed by atoms with E-state index in [1.54, 1.807) is 4.90 Å². The number of aryl methyl sites for hydroxylation is 1. The fourth-order valence-corrected chi connectivity index (χ4v) is 2.16. The highest BCUT2D eigenvalue weighted by Crippen LogP contribution is 2.15. The molecule has 1 aromatic rings. The van der Waals surface area contributed by atoms with Crippen molar-refractivity contribution in [3.05, 3.63) is 35.4 Å². The summed E-state index contributed by atoms with van der Waals surface area (Å²) in [6.45, 7) is 4.17. The van der Waals surface area contributed by atoms with Crippen molar-refractivity contribution in [3.63, 3.8) is 0 Å². The number of aliphatic hydroxyl groups is 1. The Labute approximate surface area is 108 Å². The van der Waals surface area contributed by atoms with Crippen LogP contribution in [0.3, 0.4) is 0 Å². The van der Waals surface area contributed by atoms with Gasteiger partial charge in [0.15, 0.2) is 0 Å². The van der Waals surface area contributed by atoms with E-state index in [0.29, 0.717) is 13.1 Å². The van der Waals surface area contributed by atoms with Gasteiger partial charge in [-0.1, -0.05) is 29.8 Å². The smallest absolute Gasteiger partial charge is 0.317 e. The standard InChI is InChI=1S/C14H20N2O2/c1-11-2-4-12(5-3-11)8-15-14(18)16-7-6-13(9-16)10-17/h2-5,13,17H,6-10H2,1H3,(H,15,18). The van der Waals surface area contributed by atoms with E-state index in [4.69, 9.17) is 5.11 Å². The molecule has 1 heterocycles. The summed E-state index contributed by atoms with van der Waals surface area (Å²) in [7, 11) is 0. The average Bonchev–Trinajstić information content (AvgIpc) is 2.86. The fourth-order valence-electron chi connectivity index (χ4n) is 2.16. The van der Waals surface area contributed by atoms with Gasteiger partial charge in [-0.3, -0.25) is 0 Å². The summed E-state index contributed by atoms with van der Waals surface area (Å²) in [5, 5.41) is 12.0. The molecule has 0 bridgehead atoms. The number of benzene rings is 1. The van der Waals surface area contributed by atoms with E-state index in [1.807, 2.05) is 31.2 Å². The Kier molecular flexibility index (Phi) is 4.20. The Morgan fingerprint density at radius 3 is 2.78 bits per heavy atom. The number of hydrogen-bond donors (Lipinski definition) is 2. The topological polar surface area (TPSA) is 52.6 Å². The first-order valence-electron chi connectivity index (χ1n) is 6.38. The number of rotatable bonds is 3. The van der Waals surface area contributed by atoms with Gasteiger partial charge < -0.3 is 15.3 Å². The lowest BCUT2D eigenvalue weighted by molar-refractivity contribution is 0.198. The molecule has 4 nitrogen and oxygen atoms in total. The maximum absolute atomic E-state index is 11.9. The number of amides is 2. The molecule has 0 saturated carbocycles. The quantitative estimate of drug-likeness (QED) is 0.852. The van der Waals surface area contributed by atoms with E-state index in [0.717, 1.165) is 18.5 Å². The summed E-state index contributed by atoms with van der Waals surface area (Å²) in [5.41, 5.74) is 2.32. The molecule has 2 N–H and O–H groups in total. The SMILES string of the molecule is Cc1ccc(CNC(=O)N2CCC(CO)C2)cc1. The zero-order valence-corrected chi connectivity index (χ0v) is 10.7. The molecule has 0 radical (unpaired) electrons. The first-order chi connectivity index (χ1) is 8.69. The van der Waals surface area contributed by atoms with Crippen molar-refractivity contribution >= 4 is 6.03 Å². The molecule has 0 aromatic heterocycles. The molecule has 98 valence electrons. The van der Waals surface area contributed by atoms with Crippen molar-refractivity contribution < 1.29 is 9.90 Å². The molecule has 0 aliphatic carbocycles. The van der Waals surface area contributed by atoms with Gasteiger partial charge >= 0.3 is 6.03 Å². The van der Waals surface area contributed by atoms with Crippen LogP contribution in [0.1, 0.15) is 17.5 Å². The Balaban J connectivity index is 1.80. The van der Waals surface area contributed by atoms with Crippen molar-refractivity contribution in [2.45, 2.75) is 19.9 Å². The number of likely N-dealkylation sites (tertiary alicyclic amines) is 1. The van der Waals surface area contributed by atoms with E-state index < -0.39 is 0 Å². The van der Waals surface area contributed by atoms with Gasteiger partial charge in [0.2, 0.25) is 0 Å². The number of aliphatic hydroxyl groups excluding tert-OH is 1. The van der Waals surface area contributed by atoms with Crippen LogP contribution in [0, 0.1) is 12.8 Å². The van der Waals surface area contributed by atoms with Gasteiger partial charge in [0.1, 0.15) is 0 Å². The molecule has 1 fully saturated rings. The highest BCUT2D eigenvalue weighted by atomic mass is 16.3. The van der Waals surface area contributed by atoms with Crippen LogP contribution in [-0.4, -0.2) is 35.7 Å². The number of nitrogens with zero attached hydrogens (tertiary/aromatic N) is 1. The Hall–Kier alpha value is -1.55. The monoisotopic (exact) mass is 248 g/mol. The van der Waals surface area contributed by atoms with Gasteiger partial charge in [-0.25, -0.2) is 4.79 Å². The van der Waals surface area contributed by atoms with E-state index in [1.165, 1.54) is 5.56 Å². The first kappa shape index (κ1) is 12.9. The lowest BCUT2D eigenvalue weighted by atomic mass is 10.1. The van der Waals surface area contributed by atoms with Crippen LogP contribution in [0.2, 0.25) is 0 Å². The Bertz CT molecular complexity index is 403. The molecule has 2 rings (SSSR count). The van der Waals surface area contributed by atoms with Crippen molar-refractivity contribution in [1.29, 1.82) is 0 Å². The second-order valence-corrected chi connectivity index (χ2v) is 4.93. The summed E-state index contributed by atoms with van der Waals surface area (Å²) in [5.74, 6) is 0.245. The van der Waals surface area contributed by atoms with E-state index in [-0.39, 0.29) is 18.6 Å². The second kappa shape index (κ2) is 5.87. The molecule has 2 amide bonds. The van der Waals surface area contributed by atoms with Crippen LogP contribution in [0.15, 0.2) is 24.3 Å². The maximum Gasteiger partial charge on any atom is 0.317 e. The number of nitrogens with one attached hydrogen (secondary N) is 1. The highest BCUT2D eigenvalue weighted by Gasteiger charge is 2.25. The van der Waals surface area contributed by atoms with Crippen LogP contribution in [0.4, 0.5) is 4.79 Å². The molecule has 1 unspecified atom stereocenters. The highest BCUT2D eigenvalue weighted by molar-refractivity contribution is 5.74. The van der Waals surface area contributed by atoms with Crippen LogP contribution in [0.5, 0.6) is 0 Å². The van der Waals surface area contributed by atoms with Crippen molar-refractivity contribution in [1.82, 2.24) is 10.2 Å². The van der Waals surface area contributed by atoms with E-state index in [2.05, 4.69) is 5.32 Å². The first-order valence-corrected chi connectivity index (χ1v) is 6.38. The summed E-state index contributed by atoms with van der Waals surface area (Å²) in [6.07, 6.45) is 0.897. The number of carbonyl (C=O) groups is 1. The predicted molar refractivity (Wildman–Crippen MR) is 70.2 cm³/mol.